The summed E-state index contributed by atoms with van der Waals surface area (Å²) in [4.78, 5) is 65.0. The Morgan fingerprint density at radius 2 is 1.73 bits per heavy atom. The van der Waals surface area contributed by atoms with Crippen LogP contribution in [0.4, 0.5) is 0 Å². The second-order valence-corrected chi connectivity index (χ2v) is 13.9. The summed E-state index contributed by atoms with van der Waals surface area (Å²) >= 11 is 0. The molecule has 0 spiro atoms. The molecular formula is C37H43ClN4O13. The molecule has 3 amide bonds. The van der Waals surface area contributed by atoms with Crippen molar-refractivity contribution in [2.24, 2.45) is 10.8 Å². The number of imide groups is 1. The molecule has 1 fully saturated rings. The van der Waals surface area contributed by atoms with E-state index in [0.29, 0.717) is 19.3 Å². The Kier molecular flexibility index (Phi) is 12.6. The number of benzene rings is 2. The Labute approximate surface area is 320 Å². The first kappa shape index (κ1) is 41.6. The first-order valence-electron chi connectivity index (χ1n) is 17.6. The standard InChI is InChI=1S/C37H42N4O13.ClH/c1-17-32(47)21(38)12-27(53-17)54-22-14-37(52,23(16-43)39-40-24(44)8-3-2-4-11-41-25(45)9-10-26(41)46)13-20-29(22)36(51)31-30(34(20)49)33(48)19-7-5-6-18(15-42)28(19)35(31)50;/h5-7,9-10,17,21-22,27,32,42-43,47,49,51-52H,2-4,8,11-16,38H2,1H3,(H,40,44);1H/b39-23+;/t17?,21-,22+,27+,32+,37+;/m1./s1. The molecule has 55 heavy (non-hydrogen) atoms. The number of phenolic OH excluding ortho intramolecular Hbond substituents is 2. The summed E-state index contributed by atoms with van der Waals surface area (Å²) in [6.45, 7) is 0.302. The molecule has 4 aliphatic rings. The molecule has 2 aliphatic heterocycles. The zero-order valence-corrected chi connectivity index (χ0v) is 30.6. The van der Waals surface area contributed by atoms with Gasteiger partial charge in [0.2, 0.25) is 5.91 Å². The fourth-order valence-electron chi connectivity index (χ4n) is 7.53. The minimum atomic E-state index is -2.17. The number of amides is 3. The van der Waals surface area contributed by atoms with Gasteiger partial charge >= 0.3 is 0 Å². The Hall–Kier alpha value is -4.59. The number of rotatable bonds is 12. The number of nitrogens with zero attached hydrogens (tertiary/aromatic N) is 2. The number of nitrogens with one attached hydrogen (secondary N) is 1. The number of aliphatic hydroxyl groups excluding tert-OH is 3. The molecule has 0 bridgehead atoms. The van der Waals surface area contributed by atoms with Crippen molar-refractivity contribution in [2.75, 3.05) is 13.2 Å². The summed E-state index contributed by atoms with van der Waals surface area (Å²) in [6, 6.07) is 3.47. The van der Waals surface area contributed by atoms with E-state index in [2.05, 4.69) is 10.5 Å². The fraction of sp³-hybridized carbons (Fsp3) is 0.459. The van der Waals surface area contributed by atoms with Crippen LogP contribution in [0.1, 0.15) is 100 Å². The molecular weight excluding hydrogens is 744 g/mol. The van der Waals surface area contributed by atoms with Gasteiger partial charge in [-0.1, -0.05) is 24.6 Å². The minimum Gasteiger partial charge on any atom is -0.507 e. The minimum absolute atomic E-state index is 0. The lowest BCUT2D eigenvalue weighted by Crippen LogP contribution is -2.53. The molecule has 6 atom stereocenters. The number of phenols is 2. The first-order chi connectivity index (χ1) is 25.7. The molecule has 17 nitrogen and oxygen atoms in total. The van der Waals surface area contributed by atoms with Crippen LogP contribution in [0.3, 0.4) is 0 Å². The maximum absolute atomic E-state index is 13.9. The lowest BCUT2D eigenvalue weighted by molar-refractivity contribution is -0.245. The van der Waals surface area contributed by atoms with E-state index in [-0.39, 0.29) is 65.3 Å². The topological polar surface area (TPSA) is 279 Å². The van der Waals surface area contributed by atoms with Crippen LogP contribution >= 0.6 is 12.4 Å². The molecule has 18 heteroatoms. The Morgan fingerprint density at radius 1 is 1.04 bits per heavy atom. The maximum Gasteiger partial charge on any atom is 0.253 e. The molecule has 0 radical (unpaired) electrons. The van der Waals surface area contributed by atoms with Gasteiger partial charge < -0.3 is 45.8 Å². The van der Waals surface area contributed by atoms with Gasteiger partial charge in [-0.15, -0.1) is 12.4 Å². The third-order valence-corrected chi connectivity index (χ3v) is 10.4. The third-order valence-electron chi connectivity index (χ3n) is 10.4. The number of unbranched alkanes of at least 4 members (excludes halogenated alkanes) is 2. The predicted molar refractivity (Wildman–Crippen MR) is 193 cm³/mol. The molecule has 2 aromatic carbocycles. The first-order valence-corrected chi connectivity index (χ1v) is 17.6. The predicted octanol–water partition coefficient (Wildman–Crippen LogP) is 0.295. The number of ketones is 2. The van der Waals surface area contributed by atoms with Crippen molar-refractivity contribution in [3.63, 3.8) is 0 Å². The van der Waals surface area contributed by atoms with Crippen LogP contribution < -0.4 is 11.2 Å². The molecule has 296 valence electrons. The summed E-state index contributed by atoms with van der Waals surface area (Å²) in [7, 11) is 0. The van der Waals surface area contributed by atoms with Gasteiger partial charge in [-0.2, -0.15) is 5.10 Å². The van der Waals surface area contributed by atoms with Gasteiger partial charge in [0, 0.05) is 72.7 Å². The van der Waals surface area contributed by atoms with Crippen LogP contribution in [0.5, 0.6) is 11.5 Å². The Balaban J connectivity index is 0.00000580. The molecule has 1 saturated heterocycles. The molecule has 0 saturated carbocycles. The molecule has 0 aromatic heterocycles. The summed E-state index contributed by atoms with van der Waals surface area (Å²) in [5.41, 5.74) is 4.39. The maximum atomic E-state index is 13.9. The highest BCUT2D eigenvalue weighted by atomic mass is 35.5. The highest BCUT2D eigenvalue weighted by molar-refractivity contribution is 6.31. The van der Waals surface area contributed by atoms with E-state index in [9.17, 15) is 54.6 Å². The van der Waals surface area contributed by atoms with Crippen molar-refractivity contribution >= 4 is 47.4 Å². The Bertz CT molecular complexity index is 1940. The number of fused-ring (bicyclic) bond motifs is 3. The number of carbonyl (C=O) groups excluding carboxylic acids is 5. The largest absolute Gasteiger partial charge is 0.507 e. The molecule has 2 aromatic rings. The van der Waals surface area contributed by atoms with Gasteiger partial charge in [-0.3, -0.25) is 28.9 Å². The molecule has 2 aliphatic carbocycles. The lowest BCUT2D eigenvalue weighted by Gasteiger charge is -2.43. The van der Waals surface area contributed by atoms with E-state index in [4.69, 9.17) is 15.2 Å². The molecule has 1 unspecified atom stereocenters. The zero-order valence-electron chi connectivity index (χ0n) is 29.8. The van der Waals surface area contributed by atoms with Crippen LogP contribution in [0.15, 0.2) is 35.5 Å². The van der Waals surface area contributed by atoms with Crippen molar-refractivity contribution in [3.8, 4) is 11.5 Å². The van der Waals surface area contributed by atoms with Crippen LogP contribution in [-0.2, 0) is 36.9 Å². The highest BCUT2D eigenvalue weighted by Gasteiger charge is 2.49. The fourth-order valence-corrected chi connectivity index (χ4v) is 7.53. The van der Waals surface area contributed by atoms with Crippen molar-refractivity contribution in [2.45, 2.75) is 94.7 Å². The van der Waals surface area contributed by atoms with Crippen molar-refractivity contribution in [1.82, 2.24) is 10.3 Å². The van der Waals surface area contributed by atoms with Gasteiger partial charge in [0.1, 0.15) is 17.1 Å². The van der Waals surface area contributed by atoms with Crippen molar-refractivity contribution in [3.05, 3.63) is 69.3 Å². The van der Waals surface area contributed by atoms with Gasteiger partial charge in [0.15, 0.2) is 17.9 Å². The summed E-state index contributed by atoms with van der Waals surface area (Å²) in [5.74, 6) is -4.45. The second-order valence-electron chi connectivity index (χ2n) is 13.9. The van der Waals surface area contributed by atoms with E-state index >= 15 is 0 Å². The monoisotopic (exact) mass is 786 g/mol. The van der Waals surface area contributed by atoms with Gasteiger partial charge in [-0.05, 0) is 25.3 Å². The number of aliphatic hydroxyl groups is 4. The van der Waals surface area contributed by atoms with Crippen molar-refractivity contribution in [1.29, 1.82) is 0 Å². The van der Waals surface area contributed by atoms with E-state index in [1.165, 1.54) is 30.4 Å². The number of hydrogen-bond donors (Lipinski definition) is 8. The van der Waals surface area contributed by atoms with Gasteiger partial charge in [0.05, 0.1) is 48.4 Å². The quantitative estimate of drug-likeness (QED) is 0.0403. The summed E-state index contributed by atoms with van der Waals surface area (Å²) in [5, 5.41) is 70.3. The van der Waals surface area contributed by atoms with E-state index in [1.54, 1.807) is 6.92 Å². The SMILES string of the molecule is CC1O[C@@H](O[C@H]2C[C@](O)(/C(CO)=N/NC(=O)CCCCCN3C(=O)C=CC3=O)Cc3c(O)c4c(c(O)c32)C(=O)c2c(CO)cccc2C4=O)C[C@@H](N)[C@H]1O.Cl. The number of aromatic hydroxyl groups is 2. The van der Waals surface area contributed by atoms with Crippen LogP contribution in [0.25, 0.3) is 0 Å². The third kappa shape index (κ3) is 7.79. The summed E-state index contributed by atoms with van der Waals surface area (Å²) in [6.07, 6.45) is -1.68. The average Bonchev–Trinajstić information content (AvgIpc) is 3.46. The molecule has 9 N–H and O–H groups in total. The number of ether oxygens (including phenoxy) is 2. The van der Waals surface area contributed by atoms with Crippen LogP contribution in [0, 0.1) is 0 Å². The van der Waals surface area contributed by atoms with Gasteiger partial charge in [0.25, 0.3) is 11.8 Å². The lowest BCUT2D eigenvalue weighted by atomic mass is 9.71. The second kappa shape index (κ2) is 16.6. The van der Waals surface area contributed by atoms with Crippen LogP contribution in [-0.4, -0.2) is 114 Å². The van der Waals surface area contributed by atoms with E-state index in [1.807, 2.05) is 0 Å². The normalized spacial score (nSPS) is 26.0. The number of halogens is 1. The number of carbonyl (C=O) groups is 5. The van der Waals surface area contributed by atoms with Gasteiger partial charge in [-0.25, -0.2) is 5.43 Å². The number of nitrogens with two attached hydrogens (primary N) is 1. The highest BCUT2D eigenvalue weighted by Crippen LogP contribution is 2.52. The average molecular weight is 787 g/mol. The molecule has 6 rings (SSSR count). The number of hydrazone groups is 1. The summed E-state index contributed by atoms with van der Waals surface area (Å²) < 4.78 is 12.0. The number of hydrogen-bond acceptors (Lipinski definition) is 15. The van der Waals surface area contributed by atoms with Crippen LogP contribution in [0.2, 0.25) is 0 Å². The smallest absolute Gasteiger partial charge is 0.253 e. The molecule has 2 heterocycles. The van der Waals surface area contributed by atoms with E-state index < -0.39 is 114 Å². The Morgan fingerprint density at radius 3 is 2.38 bits per heavy atom. The van der Waals surface area contributed by atoms with Crippen molar-refractivity contribution < 1.29 is 64.1 Å². The van der Waals surface area contributed by atoms with E-state index in [0.717, 1.165) is 4.90 Å². The zero-order chi connectivity index (χ0) is 39.1.